The second-order valence-corrected chi connectivity index (χ2v) is 4.31. The average molecular weight is 258 g/mol. The summed E-state index contributed by atoms with van der Waals surface area (Å²) >= 11 is 0. The van der Waals surface area contributed by atoms with Crippen LogP contribution in [0.1, 0.15) is 5.56 Å². The zero-order valence-electron chi connectivity index (χ0n) is 9.97. The summed E-state index contributed by atoms with van der Waals surface area (Å²) < 4.78 is 19.7. The summed E-state index contributed by atoms with van der Waals surface area (Å²) in [4.78, 5) is 11.8. The Labute approximate surface area is 107 Å². The fourth-order valence-electron chi connectivity index (χ4n) is 2.05. The van der Waals surface area contributed by atoms with Gasteiger partial charge in [0.1, 0.15) is 5.82 Å². The second kappa shape index (κ2) is 4.28. The number of rotatable bonds is 2. The van der Waals surface area contributed by atoms with Crippen LogP contribution in [-0.4, -0.2) is 4.57 Å². The molecule has 3 rings (SSSR count). The number of anilines is 1. The summed E-state index contributed by atoms with van der Waals surface area (Å²) in [7, 11) is 0. The van der Waals surface area contributed by atoms with Gasteiger partial charge in [-0.3, -0.25) is 4.57 Å². The van der Waals surface area contributed by atoms with E-state index in [9.17, 15) is 9.18 Å². The van der Waals surface area contributed by atoms with Crippen molar-refractivity contribution in [2.24, 2.45) is 0 Å². The molecule has 1 heterocycles. The highest BCUT2D eigenvalue weighted by atomic mass is 19.1. The summed E-state index contributed by atoms with van der Waals surface area (Å²) in [6.45, 7) is 0.243. The van der Waals surface area contributed by atoms with Crippen molar-refractivity contribution in [2.45, 2.75) is 6.54 Å². The van der Waals surface area contributed by atoms with Gasteiger partial charge in [-0.2, -0.15) is 0 Å². The Morgan fingerprint density at radius 2 is 2.05 bits per heavy atom. The maximum absolute atomic E-state index is 13.1. The molecule has 96 valence electrons. The van der Waals surface area contributed by atoms with Crippen LogP contribution in [-0.2, 0) is 6.54 Å². The summed E-state index contributed by atoms with van der Waals surface area (Å²) in [5.41, 5.74) is 8.01. The van der Waals surface area contributed by atoms with Crippen molar-refractivity contribution in [1.29, 1.82) is 0 Å². The molecule has 0 amide bonds. The Morgan fingerprint density at radius 1 is 1.21 bits per heavy atom. The lowest BCUT2D eigenvalue weighted by Crippen LogP contribution is -2.14. The highest BCUT2D eigenvalue weighted by molar-refractivity contribution is 5.77. The minimum absolute atomic E-state index is 0.243. The first-order valence-electron chi connectivity index (χ1n) is 5.77. The van der Waals surface area contributed by atoms with E-state index < -0.39 is 5.76 Å². The molecular formula is C14H11FN2O2. The number of aromatic nitrogens is 1. The zero-order valence-corrected chi connectivity index (χ0v) is 9.97. The van der Waals surface area contributed by atoms with Crippen molar-refractivity contribution < 1.29 is 8.81 Å². The van der Waals surface area contributed by atoms with E-state index in [0.717, 1.165) is 0 Å². The van der Waals surface area contributed by atoms with E-state index in [2.05, 4.69) is 0 Å². The SMILES string of the molecule is Nc1ccc2oc(=O)n(Cc3cccc(F)c3)c2c1. The number of hydrogen-bond acceptors (Lipinski definition) is 3. The van der Waals surface area contributed by atoms with E-state index in [-0.39, 0.29) is 12.4 Å². The van der Waals surface area contributed by atoms with E-state index in [1.54, 1.807) is 30.3 Å². The lowest BCUT2D eigenvalue weighted by Gasteiger charge is -2.03. The van der Waals surface area contributed by atoms with Crippen molar-refractivity contribution in [2.75, 3.05) is 5.73 Å². The zero-order chi connectivity index (χ0) is 13.4. The molecule has 2 N–H and O–H groups in total. The van der Waals surface area contributed by atoms with E-state index >= 15 is 0 Å². The third-order valence-corrected chi connectivity index (χ3v) is 2.92. The van der Waals surface area contributed by atoms with E-state index in [4.69, 9.17) is 10.2 Å². The molecule has 19 heavy (non-hydrogen) atoms. The van der Waals surface area contributed by atoms with Gasteiger partial charge in [0.25, 0.3) is 0 Å². The highest BCUT2D eigenvalue weighted by Crippen LogP contribution is 2.17. The minimum Gasteiger partial charge on any atom is -0.408 e. The maximum atomic E-state index is 13.1. The third kappa shape index (κ3) is 2.10. The molecule has 1 aromatic heterocycles. The van der Waals surface area contributed by atoms with E-state index in [1.807, 2.05) is 0 Å². The van der Waals surface area contributed by atoms with Gasteiger partial charge < -0.3 is 10.2 Å². The molecule has 0 unspecified atom stereocenters. The van der Waals surface area contributed by atoms with Crippen LogP contribution in [0.2, 0.25) is 0 Å². The summed E-state index contributed by atoms with van der Waals surface area (Å²) in [6.07, 6.45) is 0. The van der Waals surface area contributed by atoms with Crippen molar-refractivity contribution in [1.82, 2.24) is 4.57 Å². The average Bonchev–Trinajstić information content (AvgIpc) is 2.66. The lowest BCUT2D eigenvalue weighted by atomic mass is 10.2. The number of oxazole rings is 1. The fraction of sp³-hybridized carbons (Fsp3) is 0.0714. The molecule has 4 nitrogen and oxygen atoms in total. The van der Waals surface area contributed by atoms with Gasteiger partial charge in [0.2, 0.25) is 0 Å². The molecular weight excluding hydrogens is 247 g/mol. The fourth-order valence-corrected chi connectivity index (χ4v) is 2.05. The predicted molar refractivity (Wildman–Crippen MR) is 70.4 cm³/mol. The van der Waals surface area contributed by atoms with Crippen LogP contribution in [0.5, 0.6) is 0 Å². The number of nitrogens with zero attached hydrogens (tertiary/aromatic N) is 1. The normalized spacial score (nSPS) is 11.0. The van der Waals surface area contributed by atoms with Gasteiger partial charge in [0, 0.05) is 5.69 Å². The molecule has 0 atom stereocenters. The Kier molecular flexibility index (Phi) is 2.59. The van der Waals surface area contributed by atoms with Crippen LogP contribution in [0.4, 0.5) is 10.1 Å². The first kappa shape index (κ1) is 11.5. The highest BCUT2D eigenvalue weighted by Gasteiger charge is 2.10. The van der Waals surface area contributed by atoms with Crippen molar-refractivity contribution in [3.8, 4) is 0 Å². The molecule has 0 aliphatic heterocycles. The molecule has 0 fully saturated rings. The van der Waals surface area contributed by atoms with Gasteiger partial charge >= 0.3 is 5.76 Å². The maximum Gasteiger partial charge on any atom is 0.420 e. The smallest absolute Gasteiger partial charge is 0.408 e. The topological polar surface area (TPSA) is 61.2 Å². The lowest BCUT2D eigenvalue weighted by molar-refractivity contribution is 0.517. The first-order chi connectivity index (χ1) is 9.13. The third-order valence-electron chi connectivity index (χ3n) is 2.92. The Morgan fingerprint density at radius 3 is 2.84 bits per heavy atom. The Bertz CT molecular complexity index is 805. The number of nitrogens with two attached hydrogens (primary N) is 1. The Balaban J connectivity index is 2.12. The molecule has 0 spiro atoms. The van der Waals surface area contributed by atoms with Crippen LogP contribution in [0, 0.1) is 5.82 Å². The largest absolute Gasteiger partial charge is 0.420 e. The van der Waals surface area contributed by atoms with Gasteiger partial charge in [-0.1, -0.05) is 12.1 Å². The molecule has 0 bridgehead atoms. The van der Waals surface area contributed by atoms with Gasteiger partial charge in [-0.05, 0) is 35.9 Å². The number of nitrogen functional groups attached to an aromatic ring is 1. The standard InChI is InChI=1S/C14H11FN2O2/c15-10-3-1-2-9(6-10)8-17-12-7-11(16)4-5-13(12)19-14(17)18/h1-7H,8,16H2. The van der Waals surface area contributed by atoms with E-state index in [1.165, 1.54) is 16.7 Å². The molecule has 2 aromatic carbocycles. The molecule has 0 aliphatic rings. The Hall–Kier alpha value is -2.56. The number of halogens is 1. The van der Waals surface area contributed by atoms with Gasteiger partial charge in [-0.15, -0.1) is 0 Å². The summed E-state index contributed by atoms with van der Waals surface area (Å²) in [5.74, 6) is -0.817. The van der Waals surface area contributed by atoms with Crippen LogP contribution in [0.15, 0.2) is 51.7 Å². The van der Waals surface area contributed by atoms with Crippen LogP contribution in [0.25, 0.3) is 11.1 Å². The predicted octanol–water partition coefficient (Wildman–Crippen LogP) is 2.36. The van der Waals surface area contributed by atoms with Crippen molar-refractivity contribution in [3.05, 3.63) is 64.4 Å². The molecule has 0 radical (unpaired) electrons. The van der Waals surface area contributed by atoms with Gasteiger partial charge in [0.05, 0.1) is 12.1 Å². The summed E-state index contributed by atoms with van der Waals surface area (Å²) in [6, 6.07) is 11.1. The van der Waals surface area contributed by atoms with Crippen molar-refractivity contribution >= 4 is 16.8 Å². The van der Waals surface area contributed by atoms with Crippen LogP contribution < -0.4 is 11.5 Å². The van der Waals surface area contributed by atoms with E-state index in [0.29, 0.717) is 22.4 Å². The minimum atomic E-state index is -0.482. The quantitative estimate of drug-likeness (QED) is 0.718. The molecule has 5 heteroatoms. The van der Waals surface area contributed by atoms with Crippen LogP contribution >= 0.6 is 0 Å². The van der Waals surface area contributed by atoms with Gasteiger partial charge in [0.15, 0.2) is 5.58 Å². The monoisotopic (exact) mass is 258 g/mol. The molecule has 3 aromatic rings. The first-order valence-corrected chi connectivity index (χ1v) is 5.77. The number of hydrogen-bond donors (Lipinski definition) is 1. The molecule has 0 saturated heterocycles. The number of fused-ring (bicyclic) bond motifs is 1. The second-order valence-electron chi connectivity index (χ2n) is 4.31. The van der Waals surface area contributed by atoms with Crippen molar-refractivity contribution in [3.63, 3.8) is 0 Å². The summed E-state index contributed by atoms with van der Waals surface area (Å²) in [5, 5.41) is 0. The van der Waals surface area contributed by atoms with Gasteiger partial charge in [-0.25, -0.2) is 9.18 Å². The number of benzene rings is 2. The molecule has 0 saturated carbocycles. The molecule has 0 aliphatic carbocycles. The van der Waals surface area contributed by atoms with Crippen LogP contribution in [0.3, 0.4) is 0 Å².